The van der Waals surface area contributed by atoms with E-state index >= 15 is 0 Å². The molecule has 0 bridgehead atoms. The van der Waals surface area contributed by atoms with E-state index in [1.54, 1.807) is 0 Å². The van der Waals surface area contributed by atoms with Gasteiger partial charge in [-0.25, -0.2) is 4.98 Å². The van der Waals surface area contributed by atoms with Gasteiger partial charge in [-0.05, 0) is 25.2 Å². The van der Waals surface area contributed by atoms with Gasteiger partial charge in [0.2, 0.25) is 0 Å². The topological polar surface area (TPSA) is 43.8 Å². The van der Waals surface area contributed by atoms with Gasteiger partial charge in [0.05, 0.1) is 5.69 Å². The SMILES string of the molecule is Cn1c(CCC2CCCCC2)nc2c1CCC(N)C2. The van der Waals surface area contributed by atoms with Gasteiger partial charge in [0.15, 0.2) is 0 Å². The molecular formula is C16H27N3. The van der Waals surface area contributed by atoms with Crippen LogP contribution in [0.4, 0.5) is 0 Å². The monoisotopic (exact) mass is 261 g/mol. The summed E-state index contributed by atoms with van der Waals surface area (Å²) in [6, 6.07) is 0.327. The van der Waals surface area contributed by atoms with Crippen LogP contribution in [0.2, 0.25) is 0 Å². The Hall–Kier alpha value is -0.830. The first-order valence-corrected chi connectivity index (χ1v) is 8.03. The molecule has 1 aromatic rings. The fourth-order valence-corrected chi connectivity index (χ4v) is 3.83. The highest BCUT2D eigenvalue weighted by atomic mass is 15.1. The lowest BCUT2D eigenvalue weighted by atomic mass is 9.86. The summed E-state index contributed by atoms with van der Waals surface area (Å²) in [6.07, 6.45) is 12.9. The van der Waals surface area contributed by atoms with E-state index in [0.29, 0.717) is 6.04 Å². The number of nitrogens with zero attached hydrogens (tertiary/aromatic N) is 2. The number of rotatable bonds is 3. The molecule has 2 aliphatic carbocycles. The van der Waals surface area contributed by atoms with E-state index < -0.39 is 0 Å². The second-order valence-electron chi connectivity index (χ2n) is 6.53. The van der Waals surface area contributed by atoms with Crippen LogP contribution in [0, 0.1) is 5.92 Å². The highest BCUT2D eigenvalue weighted by Gasteiger charge is 2.22. The number of imidazole rings is 1. The molecule has 0 amide bonds. The lowest BCUT2D eigenvalue weighted by Crippen LogP contribution is -2.28. The van der Waals surface area contributed by atoms with Crippen molar-refractivity contribution >= 4 is 0 Å². The highest BCUT2D eigenvalue weighted by molar-refractivity contribution is 5.21. The van der Waals surface area contributed by atoms with Crippen molar-refractivity contribution in [2.75, 3.05) is 0 Å². The molecule has 3 heteroatoms. The van der Waals surface area contributed by atoms with Gasteiger partial charge >= 0.3 is 0 Å². The molecule has 1 aromatic heterocycles. The minimum atomic E-state index is 0.327. The first kappa shape index (κ1) is 13.2. The van der Waals surface area contributed by atoms with Gasteiger partial charge in [-0.3, -0.25) is 0 Å². The molecule has 1 unspecified atom stereocenters. The van der Waals surface area contributed by atoms with Crippen molar-refractivity contribution < 1.29 is 0 Å². The zero-order chi connectivity index (χ0) is 13.2. The third kappa shape index (κ3) is 2.86. The Labute approximate surface area is 116 Å². The number of fused-ring (bicyclic) bond motifs is 1. The van der Waals surface area contributed by atoms with Crippen LogP contribution in [0.5, 0.6) is 0 Å². The minimum absolute atomic E-state index is 0.327. The van der Waals surface area contributed by atoms with E-state index in [4.69, 9.17) is 10.7 Å². The molecule has 2 N–H and O–H groups in total. The normalized spacial score (nSPS) is 24.4. The summed E-state index contributed by atoms with van der Waals surface area (Å²) < 4.78 is 2.35. The first-order valence-electron chi connectivity index (χ1n) is 8.03. The van der Waals surface area contributed by atoms with E-state index in [1.165, 1.54) is 55.7 Å². The lowest BCUT2D eigenvalue weighted by Gasteiger charge is -2.21. The van der Waals surface area contributed by atoms with Crippen molar-refractivity contribution in [1.29, 1.82) is 0 Å². The largest absolute Gasteiger partial charge is 0.335 e. The van der Waals surface area contributed by atoms with Crippen LogP contribution in [0.3, 0.4) is 0 Å². The van der Waals surface area contributed by atoms with Gasteiger partial charge in [0.25, 0.3) is 0 Å². The summed E-state index contributed by atoms with van der Waals surface area (Å²) >= 11 is 0. The maximum absolute atomic E-state index is 6.05. The minimum Gasteiger partial charge on any atom is -0.335 e. The van der Waals surface area contributed by atoms with E-state index in [2.05, 4.69) is 11.6 Å². The van der Waals surface area contributed by atoms with E-state index in [9.17, 15) is 0 Å². The van der Waals surface area contributed by atoms with Crippen LogP contribution in [0.15, 0.2) is 0 Å². The Morgan fingerprint density at radius 2 is 2.00 bits per heavy atom. The van der Waals surface area contributed by atoms with Crippen LogP contribution < -0.4 is 5.73 Å². The molecule has 3 rings (SSSR count). The predicted molar refractivity (Wildman–Crippen MR) is 78.1 cm³/mol. The second-order valence-corrected chi connectivity index (χ2v) is 6.53. The van der Waals surface area contributed by atoms with Crippen LogP contribution in [0.25, 0.3) is 0 Å². The van der Waals surface area contributed by atoms with Gasteiger partial charge in [0.1, 0.15) is 5.82 Å². The molecule has 0 saturated heterocycles. The first-order chi connectivity index (χ1) is 9.24. The van der Waals surface area contributed by atoms with Crippen molar-refractivity contribution in [2.24, 2.45) is 18.7 Å². The van der Waals surface area contributed by atoms with E-state index in [1.807, 2.05) is 0 Å². The lowest BCUT2D eigenvalue weighted by molar-refractivity contribution is 0.336. The zero-order valence-corrected chi connectivity index (χ0v) is 12.2. The molecule has 3 nitrogen and oxygen atoms in total. The fraction of sp³-hybridized carbons (Fsp3) is 0.812. The number of hydrogen-bond acceptors (Lipinski definition) is 2. The molecule has 19 heavy (non-hydrogen) atoms. The molecule has 1 saturated carbocycles. The summed E-state index contributed by atoms with van der Waals surface area (Å²) in [4.78, 5) is 4.87. The molecule has 0 radical (unpaired) electrons. The Morgan fingerprint density at radius 1 is 1.21 bits per heavy atom. The van der Waals surface area contributed by atoms with Gasteiger partial charge in [-0.2, -0.15) is 0 Å². The third-order valence-corrected chi connectivity index (χ3v) is 5.10. The number of hydrogen-bond donors (Lipinski definition) is 1. The van der Waals surface area contributed by atoms with Gasteiger partial charge < -0.3 is 10.3 Å². The van der Waals surface area contributed by atoms with E-state index in [0.717, 1.165) is 31.6 Å². The Morgan fingerprint density at radius 3 is 2.79 bits per heavy atom. The quantitative estimate of drug-likeness (QED) is 0.909. The molecule has 106 valence electrons. The summed E-state index contributed by atoms with van der Waals surface area (Å²) in [5.74, 6) is 2.24. The Bertz CT molecular complexity index is 429. The molecule has 0 aromatic carbocycles. The number of nitrogens with two attached hydrogens (primary N) is 1. The highest BCUT2D eigenvalue weighted by Crippen LogP contribution is 2.28. The summed E-state index contributed by atoms with van der Waals surface area (Å²) in [7, 11) is 2.19. The fourth-order valence-electron chi connectivity index (χ4n) is 3.83. The van der Waals surface area contributed by atoms with Crippen molar-refractivity contribution in [3.8, 4) is 0 Å². The molecular weight excluding hydrogens is 234 g/mol. The van der Waals surface area contributed by atoms with Crippen molar-refractivity contribution in [2.45, 2.75) is 70.3 Å². The Kier molecular flexibility index (Phi) is 3.92. The van der Waals surface area contributed by atoms with Crippen LogP contribution in [-0.2, 0) is 26.3 Å². The average Bonchev–Trinajstić information content (AvgIpc) is 2.74. The second kappa shape index (κ2) is 5.66. The molecule has 2 aliphatic rings. The average molecular weight is 261 g/mol. The van der Waals surface area contributed by atoms with Crippen LogP contribution in [0.1, 0.15) is 62.2 Å². The predicted octanol–water partition coefficient (Wildman–Crippen LogP) is 2.75. The summed E-state index contributed by atoms with van der Waals surface area (Å²) in [5, 5.41) is 0. The molecule has 1 fully saturated rings. The van der Waals surface area contributed by atoms with Crippen LogP contribution in [-0.4, -0.2) is 15.6 Å². The maximum atomic E-state index is 6.05. The van der Waals surface area contributed by atoms with Crippen molar-refractivity contribution in [3.05, 3.63) is 17.2 Å². The smallest absolute Gasteiger partial charge is 0.108 e. The molecule has 1 heterocycles. The zero-order valence-electron chi connectivity index (χ0n) is 12.2. The third-order valence-electron chi connectivity index (χ3n) is 5.10. The van der Waals surface area contributed by atoms with Gasteiger partial charge in [0, 0.05) is 31.6 Å². The summed E-state index contributed by atoms with van der Waals surface area (Å²) in [5.41, 5.74) is 8.77. The van der Waals surface area contributed by atoms with Crippen LogP contribution >= 0.6 is 0 Å². The molecule has 0 aliphatic heterocycles. The maximum Gasteiger partial charge on any atom is 0.108 e. The molecule has 0 spiro atoms. The number of aryl methyl sites for hydroxylation is 1. The molecule has 1 atom stereocenters. The van der Waals surface area contributed by atoms with Gasteiger partial charge in [-0.15, -0.1) is 0 Å². The van der Waals surface area contributed by atoms with E-state index in [-0.39, 0.29) is 0 Å². The van der Waals surface area contributed by atoms with Crippen molar-refractivity contribution in [3.63, 3.8) is 0 Å². The summed E-state index contributed by atoms with van der Waals surface area (Å²) in [6.45, 7) is 0. The van der Waals surface area contributed by atoms with Crippen molar-refractivity contribution in [1.82, 2.24) is 9.55 Å². The number of aromatic nitrogens is 2. The van der Waals surface area contributed by atoms with Gasteiger partial charge in [-0.1, -0.05) is 32.1 Å². The standard InChI is InChI=1S/C16H27N3/c1-19-15-9-8-13(17)11-14(15)18-16(19)10-7-12-5-3-2-4-6-12/h12-13H,2-11,17H2,1H3. The Balaban J connectivity index is 1.64.